The smallest absolute Gasteiger partial charge is 0.126 e. The molecule has 2 nitrogen and oxygen atoms in total. The number of benzene rings is 1. The molecule has 0 aliphatic heterocycles. The van der Waals surface area contributed by atoms with Crippen molar-refractivity contribution < 1.29 is 4.39 Å². The summed E-state index contributed by atoms with van der Waals surface area (Å²) in [5.41, 5.74) is 4.93. The molecular weight excluding hydrogens is 211 g/mol. The Hall–Kier alpha value is -1.00. The van der Waals surface area contributed by atoms with E-state index in [1.807, 2.05) is 24.3 Å². The fraction of sp³-hybridized carbons (Fsp3) is 0.364. The van der Waals surface area contributed by atoms with E-state index >= 15 is 0 Å². The summed E-state index contributed by atoms with van der Waals surface area (Å²) in [5.74, 6) is 0. The van der Waals surface area contributed by atoms with Gasteiger partial charge in [-0.3, -0.25) is 0 Å². The van der Waals surface area contributed by atoms with E-state index in [0.29, 0.717) is 6.42 Å². The second kappa shape index (κ2) is 3.87. The van der Waals surface area contributed by atoms with Crippen molar-refractivity contribution in [2.75, 3.05) is 6.54 Å². The van der Waals surface area contributed by atoms with Crippen LogP contribution >= 0.6 is 11.3 Å². The molecule has 0 spiro atoms. The van der Waals surface area contributed by atoms with Gasteiger partial charge >= 0.3 is 0 Å². The first-order chi connectivity index (χ1) is 7.11. The first kappa shape index (κ1) is 10.5. The number of hydrogen-bond donors (Lipinski definition) is 1. The minimum absolute atomic E-state index is 0.0307. The third kappa shape index (κ3) is 2.33. The number of alkyl halides is 1. The Morgan fingerprint density at radius 1 is 1.47 bits per heavy atom. The maximum Gasteiger partial charge on any atom is 0.126 e. The Balaban J connectivity index is 2.30. The summed E-state index contributed by atoms with van der Waals surface area (Å²) in [5, 5.41) is 0.812. The Morgan fingerprint density at radius 3 is 2.87 bits per heavy atom. The average molecular weight is 224 g/mol. The minimum Gasteiger partial charge on any atom is -0.328 e. The lowest BCUT2D eigenvalue weighted by molar-refractivity contribution is 0.200. The van der Waals surface area contributed by atoms with Crippen molar-refractivity contribution in [1.29, 1.82) is 0 Å². The quantitative estimate of drug-likeness (QED) is 0.870. The molecule has 0 fully saturated rings. The zero-order valence-corrected chi connectivity index (χ0v) is 9.35. The molecular formula is C11H13FN2S. The molecule has 1 atom stereocenters. The molecule has 0 amide bonds. The van der Waals surface area contributed by atoms with E-state index in [1.54, 1.807) is 0 Å². The van der Waals surface area contributed by atoms with Gasteiger partial charge < -0.3 is 5.73 Å². The number of nitrogens with zero attached hydrogens (tertiary/aromatic N) is 1. The van der Waals surface area contributed by atoms with Crippen LogP contribution < -0.4 is 5.73 Å². The summed E-state index contributed by atoms with van der Waals surface area (Å²) in [7, 11) is 0. The summed E-state index contributed by atoms with van der Waals surface area (Å²) in [6.45, 7) is 1.54. The van der Waals surface area contributed by atoms with Crippen molar-refractivity contribution in [2.45, 2.75) is 19.0 Å². The number of nitrogens with two attached hydrogens (primary N) is 1. The predicted molar refractivity (Wildman–Crippen MR) is 61.9 cm³/mol. The Kier molecular flexibility index (Phi) is 2.71. The van der Waals surface area contributed by atoms with Crippen LogP contribution in [0.2, 0.25) is 0 Å². The summed E-state index contributed by atoms with van der Waals surface area (Å²) < 4.78 is 14.8. The molecule has 15 heavy (non-hydrogen) atoms. The van der Waals surface area contributed by atoms with Crippen LogP contribution in [-0.2, 0) is 6.42 Å². The van der Waals surface area contributed by atoms with Gasteiger partial charge in [0.25, 0.3) is 0 Å². The van der Waals surface area contributed by atoms with Crippen molar-refractivity contribution in [1.82, 2.24) is 4.98 Å². The van der Waals surface area contributed by atoms with E-state index in [1.165, 1.54) is 18.3 Å². The van der Waals surface area contributed by atoms with Crippen molar-refractivity contribution in [3.8, 4) is 0 Å². The van der Waals surface area contributed by atoms with Gasteiger partial charge in [-0.15, -0.1) is 11.3 Å². The van der Waals surface area contributed by atoms with Crippen LogP contribution in [0.3, 0.4) is 0 Å². The predicted octanol–water partition coefficient (Wildman–Crippen LogP) is 2.53. The molecule has 2 rings (SSSR count). The molecule has 0 aliphatic rings. The lowest BCUT2D eigenvalue weighted by Gasteiger charge is -2.15. The monoisotopic (exact) mass is 224 g/mol. The van der Waals surface area contributed by atoms with Crippen molar-refractivity contribution >= 4 is 21.6 Å². The molecule has 0 radical (unpaired) electrons. The van der Waals surface area contributed by atoms with E-state index in [9.17, 15) is 4.39 Å². The molecule has 1 heterocycles. The highest BCUT2D eigenvalue weighted by atomic mass is 32.1. The first-order valence-electron chi connectivity index (χ1n) is 4.84. The van der Waals surface area contributed by atoms with Gasteiger partial charge in [-0.25, -0.2) is 9.37 Å². The fourth-order valence-corrected chi connectivity index (χ4v) is 2.52. The maximum absolute atomic E-state index is 13.7. The van der Waals surface area contributed by atoms with Gasteiger partial charge in [-0.05, 0) is 19.1 Å². The number of para-hydroxylation sites is 1. The highest BCUT2D eigenvalue weighted by Gasteiger charge is 2.23. The average Bonchev–Trinajstić information content (AvgIpc) is 2.58. The van der Waals surface area contributed by atoms with Gasteiger partial charge in [0.2, 0.25) is 0 Å². The van der Waals surface area contributed by atoms with Gasteiger partial charge in [-0.1, -0.05) is 12.1 Å². The number of fused-ring (bicyclic) bond motifs is 1. The number of hydrogen-bond acceptors (Lipinski definition) is 3. The largest absolute Gasteiger partial charge is 0.328 e. The second-order valence-corrected chi connectivity index (χ2v) is 4.98. The molecule has 0 saturated heterocycles. The van der Waals surface area contributed by atoms with E-state index in [2.05, 4.69) is 4.98 Å². The van der Waals surface area contributed by atoms with Gasteiger partial charge in [-0.2, -0.15) is 0 Å². The molecule has 4 heteroatoms. The van der Waals surface area contributed by atoms with Gasteiger partial charge in [0.15, 0.2) is 0 Å². The van der Waals surface area contributed by atoms with Gasteiger partial charge in [0.05, 0.1) is 15.2 Å². The van der Waals surface area contributed by atoms with Crippen molar-refractivity contribution in [2.24, 2.45) is 5.73 Å². The van der Waals surface area contributed by atoms with Crippen LogP contribution in [-0.4, -0.2) is 17.2 Å². The van der Waals surface area contributed by atoms with Crippen LogP contribution in [0.15, 0.2) is 24.3 Å². The van der Waals surface area contributed by atoms with Crippen molar-refractivity contribution in [3.63, 3.8) is 0 Å². The van der Waals surface area contributed by atoms with E-state index in [0.717, 1.165) is 15.2 Å². The summed E-state index contributed by atoms with van der Waals surface area (Å²) in [6.07, 6.45) is 0.294. The van der Waals surface area contributed by atoms with Crippen LogP contribution in [0.4, 0.5) is 4.39 Å². The lowest BCUT2D eigenvalue weighted by atomic mass is 10.1. The van der Waals surface area contributed by atoms with Crippen LogP contribution in [0.1, 0.15) is 11.9 Å². The summed E-state index contributed by atoms with van der Waals surface area (Å²) in [4.78, 5) is 4.37. The van der Waals surface area contributed by atoms with Gasteiger partial charge in [0.1, 0.15) is 5.67 Å². The lowest BCUT2D eigenvalue weighted by Crippen LogP contribution is -2.31. The first-order valence-corrected chi connectivity index (χ1v) is 5.66. The zero-order valence-electron chi connectivity index (χ0n) is 8.53. The molecule has 2 N–H and O–H groups in total. The Labute approximate surface area is 91.9 Å². The highest BCUT2D eigenvalue weighted by Crippen LogP contribution is 2.25. The Morgan fingerprint density at radius 2 is 2.20 bits per heavy atom. The molecule has 0 saturated carbocycles. The molecule has 0 aliphatic carbocycles. The number of rotatable bonds is 3. The van der Waals surface area contributed by atoms with Crippen LogP contribution in [0.5, 0.6) is 0 Å². The van der Waals surface area contributed by atoms with E-state index in [-0.39, 0.29) is 6.54 Å². The van der Waals surface area contributed by atoms with Crippen LogP contribution in [0.25, 0.3) is 10.2 Å². The topological polar surface area (TPSA) is 38.9 Å². The van der Waals surface area contributed by atoms with E-state index < -0.39 is 5.67 Å². The maximum atomic E-state index is 13.7. The molecule has 0 bridgehead atoms. The molecule has 1 aromatic carbocycles. The highest BCUT2D eigenvalue weighted by molar-refractivity contribution is 7.18. The SMILES string of the molecule is CC(F)(CN)Cc1nc2ccccc2s1. The van der Waals surface area contributed by atoms with Crippen molar-refractivity contribution in [3.05, 3.63) is 29.3 Å². The summed E-state index contributed by atoms with van der Waals surface area (Å²) in [6, 6.07) is 7.83. The Bertz CT molecular complexity index is 431. The zero-order chi connectivity index (χ0) is 10.9. The molecule has 80 valence electrons. The summed E-state index contributed by atoms with van der Waals surface area (Å²) >= 11 is 1.53. The van der Waals surface area contributed by atoms with E-state index in [4.69, 9.17) is 5.73 Å². The standard InChI is InChI=1S/C11H13FN2S/c1-11(12,7-13)6-10-14-8-4-2-3-5-9(8)15-10/h2-5H,6-7,13H2,1H3. The normalized spacial score (nSPS) is 15.4. The number of thiazole rings is 1. The third-order valence-electron chi connectivity index (χ3n) is 2.28. The fourth-order valence-electron chi connectivity index (χ4n) is 1.38. The molecule has 2 aromatic rings. The number of halogens is 1. The van der Waals surface area contributed by atoms with Crippen LogP contribution in [0, 0.1) is 0 Å². The molecule has 1 unspecified atom stereocenters. The molecule has 1 aromatic heterocycles. The second-order valence-electron chi connectivity index (χ2n) is 3.87. The minimum atomic E-state index is -1.35. The van der Waals surface area contributed by atoms with Gasteiger partial charge in [0, 0.05) is 13.0 Å². The number of aromatic nitrogens is 1. The third-order valence-corrected chi connectivity index (χ3v) is 3.32.